The number of benzene rings is 2. The smallest absolute Gasteiger partial charge is 0.275 e. The zero-order chi connectivity index (χ0) is 19.1. The van der Waals surface area contributed by atoms with Crippen molar-refractivity contribution >= 4 is 5.91 Å². The highest BCUT2D eigenvalue weighted by Gasteiger charge is 2.24. The molecule has 1 fully saturated rings. The maximum atomic E-state index is 12.3. The summed E-state index contributed by atoms with van der Waals surface area (Å²) in [4.78, 5) is 15.3. The third kappa shape index (κ3) is 5.81. The van der Waals surface area contributed by atoms with Crippen LogP contribution in [0.3, 0.4) is 0 Å². The number of hydrogen-bond acceptors (Lipinski definition) is 2. The fourth-order valence-corrected chi connectivity index (χ4v) is 3.63. The third-order valence-electron chi connectivity index (χ3n) is 5.43. The highest BCUT2D eigenvalue weighted by atomic mass is 16.5. The number of quaternary nitrogens is 2. The van der Waals surface area contributed by atoms with Gasteiger partial charge in [0, 0.05) is 12.1 Å². The van der Waals surface area contributed by atoms with Crippen molar-refractivity contribution in [1.29, 1.82) is 0 Å². The number of rotatable bonds is 7. The lowest BCUT2D eigenvalue weighted by molar-refractivity contribution is -1.02. The molecule has 3 N–H and O–H groups in total. The number of aryl methyl sites for hydroxylation is 1. The number of ether oxygens (including phenoxy) is 1. The van der Waals surface area contributed by atoms with E-state index in [0.29, 0.717) is 13.1 Å². The number of amides is 1. The molecule has 1 heterocycles. The van der Waals surface area contributed by atoms with E-state index < -0.39 is 0 Å². The minimum atomic E-state index is 0.145. The van der Waals surface area contributed by atoms with Gasteiger partial charge in [-0.25, -0.2) is 0 Å². The predicted octanol–water partition coefficient (Wildman–Crippen LogP) is -0.397. The average molecular weight is 370 g/mol. The molecular formula is C22H31N3O2+2. The normalized spacial score (nSPS) is 19.5. The molecule has 144 valence electrons. The van der Waals surface area contributed by atoms with Crippen LogP contribution in [0.1, 0.15) is 16.7 Å². The monoisotopic (exact) mass is 369 g/mol. The topological polar surface area (TPSA) is 47.2 Å². The van der Waals surface area contributed by atoms with E-state index in [-0.39, 0.29) is 5.91 Å². The Morgan fingerprint density at radius 3 is 2.33 bits per heavy atom. The summed E-state index contributed by atoms with van der Waals surface area (Å²) in [6.45, 7) is 8.61. The molecule has 0 saturated carbocycles. The molecular weight excluding hydrogens is 338 g/mol. The van der Waals surface area contributed by atoms with Gasteiger partial charge in [0.2, 0.25) is 0 Å². The summed E-state index contributed by atoms with van der Waals surface area (Å²) in [5.74, 6) is 1.05. The number of carbonyl (C=O) groups is 1. The Morgan fingerprint density at radius 1 is 1.00 bits per heavy atom. The van der Waals surface area contributed by atoms with Gasteiger partial charge >= 0.3 is 0 Å². The van der Waals surface area contributed by atoms with E-state index in [0.717, 1.165) is 38.5 Å². The quantitative estimate of drug-likeness (QED) is 0.622. The first-order chi connectivity index (χ1) is 13.1. The van der Waals surface area contributed by atoms with Crippen LogP contribution in [0.4, 0.5) is 0 Å². The van der Waals surface area contributed by atoms with Gasteiger partial charge < -0.3 is 19.9 Å². The molecule has 0 aromatic heterocycles. The first-order valence-electron chi connectivity index (χ1n) is 9.75. The minimum absolute atomic E-state index is 0.145. The summed E-state index contributed by atoms with van der Waals surface area (Å²) >= 11 is 0. The predicted molar refractivity (Wildman–Crippen MR) is 106 cm³/mol. The van der Waals surface area contributed by atoms with Crippen LogP contribution in [0, 0.1) is 6.92 Å². The van der Waals surface area contributed by atoms with Crippen LogP contribution >= 0.6 is 0 Å². The first kappa shape index (κ1) is 19.4. The lowest BCUT2D eigenvalue weighted by atomic mass is 10.1. The van der Waals surface area contributed by atoms with Crippen LogP contribution in [0.5, 0.6) is 5.75 Å². The Kier molecular flexibility index (Phi) is 6.85. The van der Waals surface area contributed by atoms with Crippen molar-refractivity contribution in [3.63, 3.8) is 0 Å². The lowest BCUT2D eigenvalue weighted by Gasteiger charge is -2.29. The average Bonchev–Trinajstić information content (AvgIpc) is 2.69. The molecule has 0 atom stereocenters. The molecule has 2 aromatic rings. The molecule has 0 spiro atoms. The van der Waals surface area contributed by atoms with E-state index in [4.69, 9.17) is 4.74 Å². The van der Waals surface area contributed by atoms with Gasteiger partial charge in [-0.1, -0.05) is 24.3 Å². The van der Waals surface area contributed by atoms with Gasteiger partial charge in [-0.05, 0) is 42.3 Å². The molecule has 2 aromatic carbocycles. The summed E-state index contributed by atoms with van der Waals surface area (Å²) in [5, 5.41) is 3.07. The van der Waals surface area contributed by atoms with Crippen molar-refractivity contribution in [1.82, 2.24) is 5.32 Å². The fourth-order valence-electron chi connectivity index (χ4n) is 3.63. The second-order valence-corrected chi connectivity index (χ2v) is 7.40. The molecule has 1 saturated heterocycles. The standard InChI is InChI=1S/C22H29N3O2/c1-18-5-3-4-6-20(18)15-23-22(26)17-25-13-11-24(12-14-25)16-19-7-9-21(27-2)10-8-19/h3-10H,11-17H2,1-2H3,(H,23,26)/p+2. The largest absolute Gasteiger partial charge is 0.497 e. The molecule has 27 heavy (non-hydrogen) atoms. The highest BCUT2D eigenvalue weighted by Crippen LogP contribution is 2.10. The number of carbonyl (C=O) groups excluding carboxylic acids is 1. The third-order valence-corrected chi connectivity index (χ3v) is 5.43. The van der Waals surface area contributed by atoms with E-state index >= 15 is 0 Å². The molecule has 0 bridgehead atoms. The zero-order valence-electron chi connectivity index (χ0n) is 16.4. The molecule has 5 nitrogen and oxygen atoms in total. The molecule has 3 rings (SSSR count). The molecule has 0 radical (unpaired) electrons. The molecule has 1 aliphatic heterocycles. The van der Waals surface area contributed by atoms with Gasteiger partial charge in [-0.3, -0.25) is 4.79 Å². The van der Waals surface area contributed by atoms with E-state index in [1.807, 2.05) is 24.3 Å². The maximum absolute atomic E-state index is 12.3. The Balaban J connectivity index is 1.38. The SMILES string of the molecule is COc1ccc(C[NH+]2CC[NH+](CC(=O)NCc3ccccc3C)CC2)cc1. The summed E-state index contributed by atoms with van der Waals surface area (Å²) in [6, 6.07) is 16.5. The maximum Gasteiger partial charge on any atom is 0.275 e. The lowest BCUT2D eigenvalue weighted by Crippen LogP contribution is -3.28. The Hall–Kier alpha value is -2.37. The minimum Gasteiger partial charge on any atom is -0.497 e. The summed E-state index contributed by atoms with van der Waals surface area (Å²) in [5.41, 5.74) is 3.75. The van der Waals surface area contributed by atoms with Crippen LogP contribution < -0.4 is 19.9 Å². The van der Waals surface area contributed by atoms with E-state index in [9.17, 15) is 4.79 Å². The van der Waals surface area contributed by atoms with Crippen molar-refractivity contribution in [3.05, 3.63) is 65.2 Å². The molecule has 1 amide bonds. The van der Waals surface area contributed by atoms with Gasteiger partial charge in [0.05, 0.1) is 7.11 Å². The number of piperazine rings is 1. The number of hydrogen-bond donors (Lipinski definition) is 3. The summed E-state index contributed by atoms with van der Waals surface area (Å²) in [7, 11) is 1.69. The summed E-state index contributed by atoms with van der Waals surface area (Å²) < 4.78 is 5.22. The molecule has 0 unspecified atom stereocenters. The van der Waals surface area contributed by atoms with Gasteiger partial charge in [0.15, 0.2) is 6.54 Å². The molecule has 0 aliphatic carbocycles. The fraction of sp³-hybridized carbons (Fsp3) is 0.409. The van der Waals surface area contributed by atoms with Crippen molar-refractivity contribution in [2.45, 2.75) is 20.0 Å². The van der Waals surface area contributed by atoms with Gasteiger partial charge in [0.25, 0.3) is 5.91 Å². The second-order valence-electron chi connectivity index (χ2n) is 7.40. The van der Waals surface area contributed by atoms with Crippen molar-refractivity contribution < 1.29 is 19.3 Å². The van der Waals surface area contributed by atoms with Crippen molar-refractivity contribution in [2.24, 2.45) is 0 Å². The number of methoxy groups -OCH3 is 1. The van der Waals surface area contributed by atoms with Crippen LogP contribution in [-0.2, 0) is 17.9 Å². The van der Waals surface area contributed by atoms with Crippen LogP contribution in [0.2, 0.25) is 0 Å². The van der Waals surface area contributed by atoms with Crippen LogP contribution in [-0.4, -0.2) is 45.7 Å². The van der Waals surface area contributed by atoms with Crippen LogP contribution in [0.15, 0.2) is 48.5 Å². The highest BCUT2D eigenvalue weighted by molar-refractivity contribution is 5.76. The van der Waals surface area contributed by atoms with E-state index in [1.165, 1.54) is 21.6 Å². The van der Waals surface area contributed by atoms with Crippen LogP contribution in [0.25, 0.3) is 0 Å². The Bertz CT molecular complexity index is 737. The van der Waals surface area contributed by atoms with E-state index in [1.54, 1.807) is 12.0 Å². The Morgan fingerprint density at radius 2 is 1.67 bits per heavy atom. The Labute approximate surface area is 161 Å². The number of nitrogens with one attached hydrogen (secondary N) is 3. The molecule has 5 heteroatoms. The molecule has 1 aliphatic rings. The van der Waals surface area contributed by atoms with Gasteiger partial charge in [0.1, 0.15) is 38.5 Å². The first-order valence-corrected chi connectivity index (χ1v) is 9.75. The van der Waals surface area contributed by atoms with Gasteiger partial charge in [-0.15, -0.1) is 0 Å². The van der Waals surface area contributed by atoms with Gasteiger partial charge in [-0.2, -0.15) is 0 Å². The zero-order valence-corrected chi connectivity index (χ0v) is 16.4. The summed E-state index contributed by atoms with van der Waals surface area (Å²) in [6.07, 6.45) is 0. The second kappa shape index (κ2) is 9.53. The van der Waals surface area contributed by atoms with Crippen molar-refractivity contribution in [3.8, 4) is 5.75 Å². The van der Waals surface area contributed by atoms with Crippen molar-refractivity contribution in [2.75, 3.05) is 39.8 Å². The van der Waals surface area contributed by atoms with E-state index in [2.05, 4.69) is 36.5 Å².